The average molecular weight is 289 g/mol. The quantitative estimate of drug-likeness (QED) is 0.662. The molecule has 44 valence electrons. The zero-order valence-electron chi connectivity index (χ0n) is 3.63. The third-order valence-electron chi connectivity index (χ3n) is 0. The lowest BCUT2D eigenvalue weighted by Crippen LogP contribution is -1.55. The van der Waals surface area contributed by atoms with Gasteiger partial charge in [0.2, 0.25) is 0 Å². The fourth-order valence-corrected chi connectivity index (χ4v) is 0. The van der Waals surface area contributed by atoms with Gasteiger partial charge in [-0.15, -0.1) is 50.9 Å². The van der Waals surface area contributed by atoms with Gasteiger partial charge in [-0.05, 0) is 0 Å². The van der Waals surface area contributed by atoms with Crippen LogP contribution in [0.2, 0.25) is 0 Å². The summed E-state index contributed by atoms with van der Waals surface area (Å²) in [7, 11) is 3.25. The molecule has 6 heavy (non-hydrogen) atoms. The maximum absolute atomic E-state index is 4.25. The number of methoxy groups -OCH3 is 1. The summed E-state index contributed by atoms with van der Waals surface area (Å²) in [4.78, 5) is 0. The Morgan fingerprint density at radius 1 is 0.833 bits per heavy atom. The van der Waals surface area contributed by atoms with Crippen LogP contribution in [0.1, 0.15) is 0 Å². The standard InChI is InChI=1S/C2H6O.3BrH/c1-3-2;;;/h1-2H3;3*1H. The number of hydrogen-bond donors (Lipinski definition) is 0. The summed E-state index contributed by atoms with van der Waals surface area (Å²) in [5, 5.41) is 0. The lowest BCUT2D eigenvalue weighted by Gasteiger charge is -1.61. The van der Waals surface area contributed by atoms with Gasteiger partial charge in [0, 0.05) is 14.2 Å². The molecule has 0 aliphatic rings. The van der Waals surface area contributed by atoms with Crippen molar-refractivity contribution in [3.8, 4) is 0 Å². The first-order valence-electron chi connectivity index (χ1n) is 0.816. The van der Waals surface area contributed by atoms with Crippen molar-refractivity contribution in [3.63, 3.8) is 0 Å². The Morgan fingerprint density at radius 3 is 0.833 bits per heavy atom. The Labute approximate surface area is 69.8 Å². The zero-order valence-corrected chi connectivity index (χ0v) is 8.77. The second-order valence-corrected chi connectivity index (χ2v) is 0.408. The van der Waals surface area contributed by atoms with E-state index in [1.165, 1.54) is 0 Å². The van der Waals surface area contributed by atoms with Crippen molar-refractivity contribution in [1.29, 1.82) is 0 Å². The van der Waals surface area contributed by atoms with Gasteiger partial charge in [0.15, 0.2) is 0 Å². The topological polar surface area (TPSA) is 9.23 Å². The Morgan fingerprint density at radius 2 is 0.833 bits per heavy atom. The van der Waals surface area contributed by atoms with Gasteiger partial charge < -0.3 is 4.74 Å². The molecule has 0 rings (SSSR count). The molecule has 0 N–H and O–H groups in total. The fourth-order valence-electron chi connectivity index (χ4n) is 0. The van der Waals surface area contributed by atoms with Crippen LogP contribution in [0, 0.1) is 0 Å². The molecule has 0 heterocycles. The highest BCUT2D eigenvalue weighted by atomic mass is 79.9. The summed E-state index contributed by atoms with van der Waals surface area (Å²) >= 11 is 0. The van der Waals surface area contributed by atoms with Crippen molar-refractivity contribution in [2.75, 3.05) is 14.2 Å². The fraction of sp³-hybridized carbons (Fsp3) is 1.00. The Balaban J connectivity index is -0.00000000667. The minimum absolute atomic E-state index is 0. The van der Waals surface area contributed by atoms with Gasteiger partial charge in [-0.1, -0.05) is 0 Å². The first kappa shape index (κ1) is 26.2. The van der Waals surface area contributed by atoms with Crippen LogP contribution in [-0.4, -0.2) is 14.2 Å². The summed E-state index contributed by atoms with van der Waals surface area (Å²) in [5.41, 5.74) is 0. The second-order valence-electron chi connectivity index (χ2n) is 0.408. The molecular formula is C2H9Br3O. The monoisotopic (exact) mass is 286 g/mol. The normalized spacial score (nSPS) is 3.00. The minimum Gasteiger partial charge on any atom is -0.388 e. The van der Waals surface area contributed by atoms with Crippen molar-refractivity contribution >= 4 is 50.9 Å². The second kappa shape index (κ2) is 32.4. The molecule has 0 saturated carbocycles. The molecule has 0 atom stereocenters. The zero-order chi connectivity index (χ0) is 2.71. The smallest absolute Gasteiger partial charge is 0.0351 e. The van der Waals surface area contributed by atoms with E-state index in [9.17, 15) is 0 Å². The summed E-state index contributed by atoms with van der Waals surface area (Å²) in [6, 6.07) is 0. The molecule has 0 radical (unpaired) electrons. The minimum atomic E-state index is 0. The highest BCUT2D eigenvalue weighted by Crippen LogP contribution is 1.28. The Hall–Kier alpha value is 1.40. The highest BCUT2D eigenvalue weighted by Gasteiger charge is 1.25. The van der Waals surface area contributed by atoms with E-state index in [1.54, 1.807) is 14.2 Å². The van der Waals surface area contributed by atoms with E-state index in [4.69, 9.17) is 0 Å². The van der Waals surface area contributed by atoms with Crippen LogP contribution in [0.25, 0.3) is 0 Å². The molecule has 1 nitrogen and oxygen atoms in total. The molecule has 0 amide bonds. The maximum Gasteiger partial charge on any atom is 0.0351 e. The van der Waals surface area contributed by atoms with Crippen LogP contribution in [0.15, 0.2) is 0 Å². The number of hydrogen-bond acceptors (Lipinski definition) is 1. The average Bonchev–Trinajstić information content (AvgIpc) is 0.918. The first-order chi connectivity index (χ1) is 1.41. The van der Waals surface area contributed by atoms with Gasteiger partial charge >= 0.3 is 0 Å². The van der Waals surface area contributed by atoms with E-state index in [-0.39, 0.29) is 50.9 Å². The molecule has 4 heteroatoms. The number of ether oxygens (including phenoxy) is 1. The van der Waals surface area contributed by atoms with Crippen LogP contribution in [0.3, 0.4) is 0 Å². The molecule has 0 aromatic heterocycles. The third-order valence-corrected chi connectivity index (χ3v) is 0. The molecule has 0 aliphatic carbocycles. The summed E-state index contributed by atoms with van der Waals surface area (Å²) in [5.74, 6) is 0. The maximum atomic E-state index is 4.25. The SMILES string of the molecule is Br.Br.Br.COC. The number of halogens is 3. The molecule has 0 aromatic carbocycles. The van der Waals surface area contributed by atoms with Crippen LogP contribution in [0.4, 0.5) is 0 Å². The molecular weight excluding hydrogens is 280 g/mol. The van der Waals surface area contributed by atoms with Crippen molar-refractivity contribution in [1.82, 2.24) is 0 Å². The Kier molecular flexibility index (Phi) is 142. The molecule has 0 aromatic rings. The molecule has 0 fully saturated rings. The van der Waals surface area contributed by atoms with Crippen LogP contribution in [0.5, 0.6) is 0 Å². The van der Waals surface area contributed by atoms with E-state index in [1.807, 2.05) is 0 Å². The predicted molar refractivity (Wildman–Crippen MR) is 43.9 cm³/mol. The lowest BCUT2D eigenvalue weighted by molar-refractivity contribution is 0.277. The van der Waals surface area contributed by atoms with Crippen LogP contribution < -0.4 is 0 Å². The highest BCUT2D eigenvalue weighted by molar-refractivity contribution is 8.93. The third kappa shape index (κ3) is 53.3. The van der Waals surface area contributed by atoms with Gasteiger partial charge in [0.25, 0.3) is 0 Å². The van der Waals surface area contributed by atoms with E-state index in [0.717, 1.165) is 0 Å². The van der Waals surface area contributed by atoms with E-state index in [0.29, 0.717) is 0 Å². The molecule has 0 saturated heterocycles. The van der Waals surface area contributed by atoms with Crippen molar-refractivity contribution < 1.29 is 4.74 Å². The van der Waals surface area contributed by atoms with Gasteiger partial charge in [-0.25, -0.2) is 0 Å². The number of rotatable bonds is 0. The van der Waals surface area contributed by atoms with Crippen LogP contribution in [-0.2, 0) is 4.74 Å². The van der Waals surface area contributed by atoms with E-state index < -0.39 is 0 Å². The largest absolute Gasteiger partial charge is 0.388 e. The first-order valence-corrected chi connectivity index (χ1v) is 0.816. The van der Waals surface area contributed by atoms with Gasteiger partial charge in [-0.2, -0.15) is 0 Å². The van der Waals surface area contributed by atoms with E-state index >= 15 is 0 Å². The summed E-state index contributed by atoms with van der Waals surface area (Å²) < 4.78 is 4.25. The summed E-state index contributed by atoms with van der Waals surface area (Å²) in [6.07, 6.45) is 0. The Bertz CT molecular complexity index is 8.75. The van der Waals surface area contributed by atoms with Gasteiger partial charge in [-0.3, -0.25) is 0 Å². The predicted octanol–water partition coefficient (Wildman–Crippen LogP) is 2.00. The van der Waals surface area contributed by atoms with Crippen LogP contribution >= 0.6 is 50.9 Å². The van der Waals surface area contributed by atoms with Crippen molar-refractivity contribution in [3.05, 3.63) is 0 Å². The summed E-state index contributed by atoms with van der Waals surface area (Å²) in [6.45, 7) is 0. The van der Waals surface area contributed by atoms with Crippen molar-refractivity contribution in [2.24, 2.45) is 0 Å². The molecule has 0 spiro atoms. The molecule has 0 aliphatic heterocycles. The molecule has 0 unspecified atom stereocenters. The lowest BCUT2D eigenvalue weighted by atomic mass is 11.6. The van der Waals surface area contributed by atoms with Gasteiger partial charge in [0.1, 0.15) is 0 Å². The van der Waals surface area contributed by atoms with Crippen molar-refractivity contribution in [2.45, 2.75) is 0 Å². The van der Waals surface area contributed by atoms with E-state index in [2.05, 4.69) is 4.74 Å². The van der Waals surface area contributed by atoms with Gasteiger partial charge in [0.05, 0.1) is 0 Å². The molecule has 0 bridgehead atoms.